The van der Waals surface area contributed by atoms with Crippen LogP contribution in [0.25, 0.3) is 11.0 Å². The van der Waals surface area contributed by atoms with Gasteiger partial charge in [-0.05, 0) is 31.0 Å². The average Bonchev–Trinajstić information content (AvgIpc) is 2.82. The summed E-state index contributed by atoms with van der Waals surface area (Å²) in [5.41, 5.74) is 0.989. The zero-order chi connectivity index (χ0) is 13.7. The van der Waals surface area contributed by atoms with Crippen molar-refractivity contribution in [2.24, 2.45) is 5.92 Å². The summed E-state index contributed by atoms with van der Waals surface area (Å²) in [5.74, 6) is 1.80. The number of nitrogens with one attached hydrogen (secondary N) is 1. The highest BCUT2D eigenvalue weighted by atomic mass is 16.3. The fraction of sp³-hybridized carbons (Fsp3) is 0.529. The SMILES string of the molecule is CCCC(C)CC(NCC)c1cc2ccccc2o1. The van der Waals surface area contributed by atoms with Crippen LogP contribution >= 0.6 is 0 Å². The van der Waals surface area contributed by atoms with E-state index in [0.717, 1.165) is 30.2 Å². The van der Waals surface area contributed by atoms with Gasteiger partial charge in [0.05, 0.1) is 6.04 Å². The van der Waals surface area contributed by atoms with Gasteiger partial charge in [0.25, 0.3) is 0 Å². The Morgan fingerprint density at radius 2 is 2.00 bits per heavy atom. The summed E-state index contributed by atoms with van der Waals surface area (Å²) < 4.78 is 6.00. The smallest absolute Gasteiger partial charge is 0.134 e. The molecule has 2 unspecified atom stereocenters. The maximum Gasteiger partial charge on any atom is 0.134 e. The maximum atomic E-state index is 6.00. The average molecular weight is 259 g/mol. The Kier molecular flexibility index (Phi) is 5.03. The van der Waals surface area contributed by atoms with Gasteiger partial charge in [-0.15, -0.1) is 0 Å². The molecule has 1 heterocycles. The lowest BCUT2D eigenvalue weighted by molar-refractivity contribution is 0.352. The standard InChI is InChI=1S/C17H25NO/c1-4-8-13(3)11-15(18-5-2)17-12-14-9-6-7-10-16(14)19-17/h6-7,9-10,12-13,15,18H,4-5,8,11H2,1-3H3. The largest absolute Gasteiger partial charge is 0.459 e. The van der Waals surface area contributed by atoms with Gasteiger partial charge in [0.2, 0.25) is 0 Å². The zero-order valence-corrected chi connectivity index (χ0v) is 12.3. The molecule has 0 saturated carbocycles. The molecule has 0 fully saturated rings. The minimum absolute atomic E-state index is 0.332. The summed E-state index contributed by atoms with van der Waals surface area (Å²) in [6.07, 6.45) is 3.67. The molecule has 1 N–H and O–H groups in total. The van der Waals surface area contributed by atoms with Crippen LogP contribution in [0.3, 0.4) is 0 Å². The molecule has 1 aromatic carbocycles. The lowest BCUT2D eigenvalue weighted by atomic mass is 9.96. The molecule has 2 atom stereocenters. The molecule has 2 nitrogen and oxygen atoms in total. The molecule has 0 spiro atoms. The quantitative estimate of drug-likeness (QED) is 0.764. The topological polar surface area (TPSA) is 25.2 Å². The normalized spacial score (nSPS) is 14.7. The Balaban J connectivity index is 2.17. The van der Waals surface area contributed by atoms with Crippen LogP contribution in [0.4, 0.5) is 0 Å². The third-order valence-electron chi connectivity index (χ3n) is 3.66. The van der Waals surface area contributed by atoms with E-state index in [1.54, 1.807) is 0 Å². The van der Waals surface area contributed by atoms with Gasteiger partial charge in [0.15, 0.2) is 0 Å². The summed E-state index contributed by atoms with van der Waals surface area (Å²) >= 11 is 0. The fourth-order valence-corrected chi connectivity index (χ4v) is 2.73. The van der Waals surface area contributed by atoms with Gasteiger partial charge in [-0.2, -0.15) is 0 Å². The molecule has 0 amide bonds. The second kappa shape index (κ2) is 6.76. The molecular formula is C17H25NO. The van der Waals surface area contributed by atoms with Crippen molar-refractivity contribution < 1.29 is 4.42 Å². The molecule has 0 aliphatic rings. The van der Waals surface area contributed by atoms with E-state index in [4.69, 9.17) is 4.42 Å². The Labute approximate surface area is 116 Å². The second-order valence-corrected chi connectivity index (χ2v) is 5.43. The third kappa shape index (κ3) is 3.60. The minimum Gasteiger partial charge on any atom is -0.459 e. The summed E-state index contributed by atoms with van der Waals surface area (Å²) in [4.78, 5) is 0. The number of hydrogen-bond acceptors (Lipinski definition) is 2. The van der Waals surface area contributed by atoms with Crippen molar-refractivity contribution >= 4 is 11.0 Å². The predicted octanol–water partition coefficient (Wildman–Crippen LogP) is 4.91. The summed E-state index contributed by atoms with van der Waals surface area (Å²) in [5, 5.41) is 4.75. The highest BCUT2D eigenvalue weighted by Crippen LogP contribution is 2.28. The summed E-state index contributed by atoms with van der Waals surface area (Å²) in [6, 6.07) is 10.7. The van der Waals surface area contributed by atoms with Crippen molar-refractivity contribution in [3.05, 3.63) is 36.1 Å². The lowest BCUT2D eigenvalue weighted by Crippen LogP contribution is -2.22. The molecule has 0 saturated heterocycles. The van der Waals surface area contributed by atoms with Gasteiger partial charge in [-0.25, -0.2) is 0 Å². The molecule has 1 aromatic heterocycles. The number of rotatable bonds is 7. The molecule has 0 aliphatic heterocycles. The Hall–Kier alpha value is -1.28. The van der Waals surface area contributed by atoms with E-state index in [0.29, 0.717) is 6.04 Å². The number of fused-ring (bicyclic) bond motifs is 1. The van der Waals surface area contributed by atoms with Gasteiger partial charge in [0.1, 0.15) is 11.3 Å². The van der Waals surface area contributed by atoms with Gasteiger partial charge in [-0.3, -0.25) is 0 Å². The Bertz CT molecular complexity index is 470. The summed E-state index contributed by atoms with van der Waals surface area (Å²) in [6.45, 7) is 7.71. The second-order valence-electron chi connectivity index (χ2n) is 5.43. The number of benzene rings is 1. The number of hydrogen-bond donors (Lipinski definition) is 1. The Morgan fingerprint density at radius 3 is 2.68 bits per heavy atom. The van der Waals surface area contributed by atoms with E-state index in [2.05, 4.69) is 44.3 Å². The van der Waals surface area contributed by atoms with Gasteiger partial charge in [-0.1, -0.05) is 51.8 Å². The van der Waals surface area contributed by atoms with Crippen molar-refractivity contribution in [2.75, 3.05) is 6.54 Å². The van der Waals surface area contributed by atoms with E-state index in [1.807, 2.05) is 12.1 Å². The van der Waals surface area contributed by atoms with Crippen molar-refractivity contribution in [3.63, 3.8) is 0 Å². The van der Waals surface area contributed by atoms with Crippen LogP contribution < -0.4 is 5.32 Å². The third-order valence-corrected chi connectivity index (χ3v) is 3.66. The van der Waals surface area contributed by atoms with E-state index in [-0.39, 0.29) is 0 Å². The Morgan fingerprint density at radius 1 is 1.21 bits per heavy atom. The molecule has 2 aromatic rings. The van der Waals surface area contributed by atoms with Crippen LogP contribution in [0, 0.1) is 5.92 Å². The first kappa shape index (κ1) is 14.1. The van der Waals surface area contributed by atoms with Crippen LogP contribution in [0.2, 0.25) is 0 Å². The van der Waals surface area contributed by atoms with E-state index in [9.17, 15) is 0 Å². The fourth-order valence-electron chi connectivity index (χ4n) is 2.73. The molecule has 0 bridgehead atoms. The molecule has 19 heavy (non-hydrogen) atoms. The zero-order valence-electron chi connectivity index (χ0n) is 12.3. The molecular weight excluding hydrogens is 234 g/mol. The molecule has 0 radical (unpaired) electrons. The summed E-state index contributed by atoms with van der Waals surface area (Å²) in [7, 11) is 0. The minimum atomic E-state index is 0.332. The highest BCUT2D eigenvalue weighted by Gasteiger charge is 2.18. The molecule has 2 heteroatoms. The molecule has 104 valence electrons. The first-order valence-electron chi connectivity index (χ1n) is 7.46. The van der Waals surface area contributed by atoms with Crippen LogP contribution in [0.15, 0.2) is 34.7 Å². The van der Waals surface area contributed by atoms with Crippen molar-refractivity contribution in [3.8, 4) is 0 Å². The van der Waals surface area contributed by atoms with Crippen LogP contribution in [-0.2, 0) is 0 Å². The van der Waals surface area contributed by atoms with E-state index < -0.39 is 0 Å². The number of para-hydroxylation sites is 1. The van der Waals surface area contributed by atoms with Crippen molar-refractivity contribution in [1.29, 1.82) is 0 Å². The first-order chi connectivity index (χ1) is 9.24. The highest BCUT2D eigenvalue weighted by molar-refractivity contribution is 5.77. The van der Waals surface area contributed by atoms with Crippen molar-refractivity contribution in [2.45, 2.75) is 46.1 Å². The maximum absolute atomic E-state index is 6.00. The van der Waals surface area contributed by atoms with Gasteiger partial charge in [0, 0.05) is 5.39 Å². The predicted molar refractivity (Wildman–Crippen MR) is 81.3 cm³/mol. The van der Waals surface area contributed by atoms with Crippen LogP contribution in [-0.4, -0.2) is 6.54 Å². The van der Waals surface area contributed by atoms with Crippen molar-refractivity contribution in [1.82, 2.24) is 5.32 Å². The molecule has 0 aliphatic carbocycles. The van der Waals surface area contributed by atoms with Gasteiger partial charge >= 0.3 is 0 Å². The van der Waals surface area contributed by atoms with Crippen LogP contribution in [0.1, 0.15) is 51.8 Å². The monoisotopic (exact) mass is 259 g/mol. The lowest BCUT2D eigenvalue weighted by Gasteiger charge is -2.19. The number of furan rings is 1. The van der Waals surface area contributed by atoms with E-state index >= 15 is 0 Å². The van der Waals surface area contributed by atoms with Gasteiger partial charge < -0.3 is 9.73 Å². The first-order valence-corrected chi connectivity index (χ1v) is 7.46. The molecule has 2 rings (SSSR count). The van der Waals surface area contributed by atoms with Crippen LogP contribution in [0.5, 0.6) is 0 Å². The van der Waals surface area contributed by atoms with E-state index in [1.165, 1.54) is 18.2 Å².